The van der Waals surface area contributed by atoms with Crippen molar-refractivity contribution in [3.63, 3.8) is 0 Å². The van der Waals surface area contributed by atoms with Gasteiger partial charge >= 0.3 is 0 Å². The highest BCUT2D eigenvalue weighted by Crippen LogP contribution is 1.89. The molecule has 1 N–H and O–H groups in total. The van der Waals surface area contributed by atoms with E-state index in [1.54, 1.807) is 6.92 Å². The average molecular weight is 116 g/mol. The highest BCUT2D eigenvalue weighted by molar-refractivity contribution is 4.34. The van der Waals surface area contributed by atoms with Crippen LogP contribution in [0.15, 0.2) is 0 Å². The van der Waals surface area contributed by atoms with Crippen molar-refractivity contribution in [2.24, 2.45) is 0 Å². The van der Waals surface area contributed by atoms with Gasteiger partial charge in [0.1, 0.15) is 6.23 Å². The fourth-order valence-corrected chi connectivity index (χ4v) is 0.404. The first kappa shape index (κ1) is 7.92. The first-order valence-electron chi connectivity index (χ1n) is 3.10. The summed E-state index contributed by atoms with van der Waals surface area (Å²) in [5.74, 6) is 0. The zero-order valence-electron chi connectivity index (χ0n) is 5.61. The van der Waals surface area contributed by atoms with Crippen LogP contribution in [0.1, 0.15) is 26.7 Å². The number of hydrogen-bond donors (Lipinski definition) is 0. The molecule has 0 aliphatic rings. The maximum atomic E-state index is 6.93. The van der Waals surface area contributed by atoms with Crippen LogP contribution in [0, 0.1) is 0 Å². The molecule has 2 heteroatoms. The van der Waals surface area contributed by atoms with Gasteiger partial charge in [0.25, 0.3) is 0 Å². The largest absolute Gasteiger partial charge is 0.362 e. The monoisotopic (exact) mass is 116 g/mol. The molecule has 0 aliphatic carbocycles. The molecule has 1 unspecified atom stereocenters. The van der Waals surface area contributed by atoms with E-state index in [4.69, 9.17) is 10.5 Å². The van der Waals surface area contributed by atoms with Crippen LogP contribution in [0.2, 0.25) is 0 Å². The number of rotatable bonds is 4. The fraction of sp³-hybridized carbons (Fsp3) is 1.00. The van der Waals surface area contributed by atoms with Crippen LogP contribution < -0.4 is 5.73 Å². The first-order chi connectivity index (χ1) is 3.77. The van der Waals surface area contributed by atoms with Crippen LogP contribution in [-0.4, -0.2) is 12.8 Å². The van der Waals surface area contributed by atoms with Gasteiger partial charge in [-0.3, -0.25) is 0 Å². The molecule has 0 amide bonds. The van der Waals surface area contributed by atoms with E-state index in [0.717, 1.165) is 19.4 Å². The molecule has 0 aromatic carbocycles. The summed E-state index contributed by atoms with van der Waals surface area (Å²) < 4.78 is 4.95. The molecule has 2 nitrogen and oxygen atoms in total. The van der Waals surface area contributed by atoms with E-state index in [-0.39, 0.29) is 6.23 Å². The minimum atomic E-state index is -0.346. The Hall–Kier alpha value is -0.0800. The van der Waals surface area contributed by atoms with Gasteiger partial charge in [-0.15, -0.1) is 0 Å². The Morgan fingerprint density at radius 3 is 2.62 bits per heavy atom. The fourth-order valence-electron chi connectivity index (χ4n) is 0.404. The summed E-state index contributed by atoms with van der Waals surface area (Å²) >= 11 is 0. The van der Waals surface area contributed by atoms with Crippen LogP contribution >= 0.6 is 0 Å². The lowest BCUT2D eigenvalue weighted by Crippen LogP contribution is -2.08. The topological polar surface area (TPSA) is 33.0 Å². The van der Waals surface area contributed by atoms with Crippen molar-refractivity contribution in [1.29, 1.82) is 0 Å². The van der Waals surface area contributed by atoms with Gasteiger partial charge < -0.3 is 4.74 Å². The second-order valence-corrected chi connectivity index (χ2v) is 1.87. The van der Waals surface area contributed by atoms with E-state index < -0.39 is 0 Å². The smallest absolute Gasteiger partial charge is 0.117 e. The Kier molecular flexibility index (Phi) is 5.01. The molecule has 0 saturated carbocycles. The highest BCUT2D eigenvalue weighted by atomic mass is 16.5. The minimum Gasteiger partial charge on any atom is -0.362 e. The lowest BCUT2D eigenvalue weighted by atomic mass is 10.4. The van der Waals surface area contributed by atoms with Crippen molar-refractivity contribution >= 4 is 0 Å². The van der Waals surface area contributed by atoms with Gasteiger partial charge in [0, 0.05) is 6.61 Å². The minimum absolute atomic E-state index is 0.346. The molecule has 0 fully saturated rings. The summed E-state index contributed by atoms with van der Waals surface area (Å²) in [6.45, 7) is 4.58. The van der Waals surface area contributed by atoms with Gasteiger partial charge in [-0.25, -0.2) is 5.73 Å². The molecule has 0 bridgehead atoms. The summed E-state index contributed by atoms with van der Waals surface area (Å²) in [5.41, 5.74) is 6.93. The third-order valence-corrected chi connectivity index (χ3v) is 0.866. The predicted octanol–water partition coefficient (Wildman–Crippen LogP) is 1.43. The van der Waals surface area contributed by atoms with Crippen LogP contribution in [0.3, 0.4) is 0 Å². The van der Waals surface area contributed by atoms with Crippen molar-refractivity contribution < 1.29 is 4.74 Å². The predicted molar refractivity (Wildman–Crippen MR) is 33.4 cm³/mol. The summed E-state index contributed by atoms with van der Waals surface area (Å²) in [4.78, 5) is 0. The molecule has 0 aromatic heterocycles. The number of nitrogens with one attached hydrogen (secondary N) is 1. The van der Waals surface area contributed by atoms with Gasteiger partial charge in [-0.2, -0.15) is 0 Å². The van der Waals surface area contributed by atoms with Gasteiger partial charge in [0.2, 0.25) is 0 Å². The maximum Gasteiger partial charge on any atom is 0.117 e. The Bertz CT molecular complexity index is 45.8. The summed E-state index contributed by atoms with van der Waals surface area (Å²) in [6, 6.07) is 0. The molecule has 1 atom stereocenters. The van der Waals surface area contributed by atoms with E-state index in [1.165, 1.54) is 0 Å². The first-order valence-corrected chi connectivity index (χ1v) is 3.10. The van der Waals surface area contributed by atoms with Crippen LogP contribution in [-0.2, 0) is 4.74 Å². The quantitative estimate of drug-likeness (QED) is 0.511. The zero-order valence-corrected chi connectivity index (χ0v) is 5.61. The Labute approximate surface area is 51.0 Å². The summed E-state index contributed by atoms with van der Waals surface area (Å²) in [6.07, 6.45) is 1.87. The number of ether oxygens (including phenoxy) is 1. The van der Waals surface area contributed by atoms with Crippen molar-refractivity contribution in [2.45, 2.75) is 32.9 Å². The van der Waals surface area contributed by atoms with E-state index in [2.05, 4.69) is 6.92 Å². The van der Waals surface area contributed by atoms with Gasteiger partial charge in [0.15, 0.2) is 0 Å². The zero-order chi connectivity index (χ0) is 6.41. The SMILES string of the molecule is CCCCOC(C)[NH]. The van der Waals surface area contributed by atoms with E-state index in [1.807, 2.05) is 0 Å². The molecule has 0 aromatic rings. The molecule has 49 valence electrons. The van der Waals surface area contributed by atoms with Crippen LogP contribution in [0.25, 0.3) is 0 Å². The molecule has 8 heavy (non-hydrogen) atoms. The number of unbranched alkanes of at least 4 members (excludes halogenated alkanes) is 1. The standard InChI is InChI=1S/C6H14NO/c1-3-4-5-8-6(2)7/h6-7H,3-5H2,1-2H3. The van der Waals surface area contributed by atoms with E-state index in [9.17, 15) is 0 Å². The average Bonchev–Trinajstić information content (AvgIpc) is 1.66. The summed E-state index contributed by atoms with van der Waals surface area (Å²) in [7, 11) is 0. The molecule has 1 radical (unpaired) electrons. The highest BCUT2D eigenvalue weighted by Gasteiger charge is 1.90. The van der Waals surface area contributed by atoms with Crippen molar-refractivity contribution in [2.75, 3.05) is 6.61 Å². The number of hydrogen-bond acceptors (Lipinski definition) is 1. The Balaban J connectivity index is 2.72. The van der Waals surface area contributed by atoms with Crippen molar-refractivity contribution in [3.05, 3.63) is 0 Å². The maximum absolute atomic E-state index is 6.93. The van der Waals surface area contributed by atoms with Gasteiger partial charge in [0.05, 0.1) is 0 Å². The Morgan fingerprint density at radius 1 is 1.62 bits per heavy atom. The van der Waals surface area contributed by atoms with Crippen molar-refractivity contribution in [3.8, 4) is 0 Å². The van der Waals surface area contributed by atoms with Crippen LogP contribution in [0.4, 0.5) is 0 Å². The third kappa shape index (κ3) is 5.92. The third-order valence-electron chi connectivity index (χ3n) is 0.866. The molecule has 0 heterocycles. The molecule has 0 saturated heterocycles. The summed E-state index contributed by atoms with van der Waals surface area (Å²) in [5, 5.41) is 0. The normalized spacial score (nSPS) is 13.9. The lowest BCUT2D eigenvalue weighted by molar-refractivity contribution is 0.0635. The van der Waals surface area contributed by atoms with Gasteiger partial charge in [-0.05, 0) is 13.3 Å². The second-order valence-electron chi connectivity index (χ2n) is 1.87. The van der Waals surface area contributed by atoms with Crippen LogP contribution in [0.5, 0.6) is 0 Å². The molecular formula is C6H14NO. The lowest BCUT2D eigenvalue weighted by Gasteiger charge is -2.03. The van der Waals surface area contributed by atoms with E-state index >= 15 is 0 Å². The molecule has 0 rings (SSSR count). The molecule has 0 aliphatic heterocycles. The van der Waals surface area contributed by atoms with E-state index in [0.29, 0.717) is 0 Å². The molecular weight excluding hydrogens is 102 g/mol. The van der Waals surface area contributed by atoms with Gasteiger partial charge in [-0.1, -0.05) is 13.3 Å². The molecule has 0 spiro atoms. The Morgan fingerprint density at radius 2 is 2.25 bits per heavy atom. The van der Waals surface area contributed by atoms with Crippen molar-refractivity contribution in [1.82, 2.24) is 5.73 Å². The second kappa shape index (κ2) is 5.06.